The molecule has 0 unspecified atom stereocenters. The fourth-order valence-corrected chi connectivity index (χ4v) is 7.95. The van der Waals surface area contributed by atoms with E-state index in [0.717, 1.165) is 22.5 Å². The molecule has 0 saturated carbocycles. The molecule has 6 rings (SSSR count). The fourth-order valence-electron chi connectivity index (χ4n) is 5.07. The fraction of sp³-hybridized carbons (Fsp3) is 0.0811. The average molecular weight is 757 g/mol. The molecule has 3 N–H and O–H groups in total. The molecule has 0 fully saturated rings. The van der Waals surface area contributed by atoms with Crippen molar-refractivity contribution in [3.05, 3.63) is 138 Å². The highest BCUT2D eigenvalue weighted by atomic mass is 35.5. The van der Waals surface area contributed by atoms with E-state index in [-0.39, 0.29) is 26.9 Å². The van der Waals surface area contributed by atoms with Gasteiger partial charge < -0.3 is 15.2 Å². The maximum atomic E-state index is 13.5. The van der Waals surface area contributed by atoms with Crippen molar-refractivity contribution in [2.24, 2.45) is 0 Å². The van der Waals surface area contributed by atoms with E-state index in [0.29, 0.717) is 32.8 Å². The van der Waals surface area contributed by atoms with Crippen molar-refractivity contribution in [1.82, 2.24) is 15.3 Å². The number of sulfonamides is 1. The predicted octanol–water partition coefficient (Wildman–Crippen LogP) is 8.27. The van der Waals surface area contributed by atoms with Crippen molar-refractivity contribution in [3.63, 3.8) is 0 Å². The number of carbonyl (C=O) groups excluding carboxylic acids is 1. The van der Waals surface area contributed by atoms with Crippen LogP contribution in [0.1, 0.15) is 15.9 Å². The lowest BCUT2D eigenvalue weighted by molar-refractivity contribution is -0.139. The Labute approximate surface area is 307 Å². The molecule has 0 spiro atoms. The molecular formula is C37H29ClN4O6S3. The standard InChI is InChI=1S/C37H29ClN4O6S3/c1-49-37-39-20-19-30(41-37)33-17-18-34(50-33)51(46,47)42-29-16-15-25(38)22-28(29)35(43)40-31(36(44)45)21-23-11-13-24(14-12-23)27-9-5-6-10-32(27)48-26-7-3-2-4-8-26/h2-20,22,31,42H,21H2,1H3,(H,40,43)(H,44,45)/t31-/m0/s1. The van der Waals surface area contributed by atoms with Gasteiger partial charge in [-0.2, -0.15) is 0 Å². The molecule has 10 nitrogen and oxygen atoms in total. The number of carboxylic acid groups (broad SMARTS) is 1. The van der Waals surface area contributed by atoms with Gasteiger partial charge in [-0.3, -0.25) is 9.52 Å². The second-order valence-electron chi connectivity index (χ2n) is 11.0. The summed E-state index contributed by atoms with van der Waals surface area (Å²) >= 11 is 8.57. The van der Waals surface area contributed by atoms with Gasteiger partial charge in [0.25, 0.3) is 15.9 Å². The average Bonchev–Trinajstić information content (AvgIpc) is 3.65. The number of aliphatic carboxylic acids is 1. The monoisotopic (exact) mass is 756 g/mol. The number of carbonyl (C=O) groups is 2. The summed E-state index contributed by atoms with van der Waals surface area (Å²) in [4.78, 5) is 35.0. The Morgan fingerprint density at radius 3 is 2.43 bits per heavy atom. The van der Waals surface area contributed by atoms with Crippen molar-refractivity contribution >= 4 is 62.3 Å². The van der Waals surface area contributed by atoms with Crippen LogP contribution < -0.4 is 14.8 Å². The number of carboxylic acids is 1. The van der Waals surface area contributed by atoms with Gasteiger partial charge in [0.1, 0.15) is 21.8 Å². The number of amides is 1. The number of ether oxygens (including phenoxy) is 1. The Morgan fingerprint density at radius 1 is 0.941 bits per heavy atom. The van der Waals surface area contributed by atoms with Gasteiger partial charge in [-0.05, 0) is 72.0 Å². The number of para-hydroxylation sites is 2. The third kappa shape index (κ3) is 8.75. The zero-order valence-corrected chi connectivity index (χ0v) is 30.0. The number of thioether (sulfide) groups is 1. The van der Waals surface area contributed by atoms with Crippen LogP contribution in [0.3, 0.4) is 0 Å². The summed E-state index contributed by atoms with van der Waals surface area (Å²) in [6, 6.07) is 31.8. The number of hydrogen-bond acceptors (Lipinski definition) is 9. The highest BCUT2D eigenvalue weighted by molar-refractivity contribution is 7.98. The molecule has 51 heavy (non-hydrogen) atoms. The maximum absolute atomic E-state index is 13.5. The van der Waals surface area contributed by atoms with Crippen LogP contribution >= 0.6 is 34.7 Å². The number of nitrogens with one attached hydrogen (secondary N) is 2. The molecule has 0 radical (unpaired) electrons. The summed E-state index contributed by atoms with van der Waals surface area (Å²) in [6.45, 7) is 0. The molecule has 0 aliphatic carbocycles. The lowest BCUT2D eigenvalue weighted by Gasteiger charge is -2.17. The first kappa shape index (κ1) is 35.6. The summed E-state index contributed by atoms with van der Waals surface area (Å²) in [5, 5.41) is 13.3. The van der Waals surface area contributed by atoms with E-state index in [1.807, 2.05) is 73.0 Å². The van der Waals surface area contributed by atoms with Crippen LogP contribution in [0.15, 0.2) is 131 Å². The van der Waals surface area contributed by atoms with E-state index in [1.165, 1.54) is 36.0 Å². The molecule has 0 saturated heterocycles. The number of rotatable bonds is 13. The van der Waals surface area contributed by atoms with Gasteiger partial charge in [0.2, 0.25) is 0 Å². The van der Waals surface area contributed by atoms with E-state index in [1.54, 1.807) is 30.5 Å². The summed E-state index contributed by atoms with van der Waals surface area (Å²) in [6.07, 6.45) is 3.40. The Morgan fingerprint density at radius 2 is 1.69 bits per heavy atom. The van der Waals surface area contributed by atoms with Gasteiger partial charge in [-0.25, -0.2) is 23.2 Å². The minimum absolute atomic E-state index is 0.00997. The number of hydrogen-bond donors (Lipinski definition) is 3. The van der Waals surface area contributed by atoms with Crippen molar-refractivity contribution in [2.75, 3.05) is 11.0 Å². The highest BCUT2D eigenvalue weighted by Crippen LogP contribution is 2.34. The number of aromatic nitrogens is 2. The Bertz CT molecular complexity index is 2300. The second kappa shape index (κ2) is 15.8. The minimum atomic E-state index is -4.15. The lowest BCUT2D eigenvalue weighted by Crippen LogP contribution is -2.42. The van der Waals surface area contributed by atoms with Crippen molar-refractivity contribution in [2.45, 2.75) is 21.8 Å². The topological polar surface area (TPSA) is 148 Å². The smallest absolute Gasteiger partial charge is 0.326 e. The van der Waals surface area contributed by atoms with Crippen LogP contribution in [-0.2, 0) is 21.2 Å². The number of nitrogens with zero attached hydrogens (tertiary/aromatic N) is 2. The quantitative estimate of drug-likeness (QED) is 0.0783. The molecule has 258 valence electrons. The predicted molar refractivity (Wildman–Crippen MR) is 200 cm³/mol. The first-order valence-corrected chi connectivity index (χ1v) is 19.2. The Hall–Kier alpha value is -5.21. The van der Waals surface area contributed by atoms with Crippen LogP contribution in [-0.4, -0.2) is 47.7 Å². The molecule has 1 atom stereocenters. The lowest BCUT2D eigenvalue weighted by atomic mass is 9.99. The minimum Gasteiger partial charge on any atom is -0.480 e. The number of anilines is 1. The Balaban J connectivity index is 1.17. The number of thiophene rings is 1. The van der Waals surface area contributed by atoms with Crippen LogP contribution in [0, 0.1) is 0 Å². The van der Waals surface area contributed by atoms with E-state index >= 15 is 0 Å². The molecule has 6 aromatic rings. The van der Waals surface area contributed by atoms with Crippen LogP contribution in [0.2, 0.25) is 5.02 Å². The first-order valence-electron chi connectivity index (χ1n) is 15.3. The van der Waals surface area contributed by atoms with Gasteiger partial charge in [-0.1, -0.05) is 84.0 Å². The third-order valence-electron chi connectivity index (χ3n) is 7.55. The largest absolute Gasteiger partial charge is 0.480 e. The molecule has 2 heterocycles. The molecule has 4 aromatic carbocycles. The first-order chi connectivity index (χ1) is 24.6. The number of benzene rings is 4. The van der Waals surface area contributed by atoms with E-state index in [4.69, 9.17) is 16.3 Å². The van der Waals surface area contributed by atoms with Gasteiger partial charge in [0.05, 0.1) is 21.8 Å². The van der Waals surface area contributed by atoms with Gasteiger partial charge in [0, 0.05) is 23.2 Å². The normalized spacial score (nSPS) is 11.8. The molecule has 0 bridgehead atoms. The van der Waals surface area contributed by atoms with E-state index in [9.17, 15) is 23.1 Å². The summed E-state index contributed by atoms with van der Waals surface area (Å²) < 4.78 is 35.4. The van der Waals surface area contributed by atoms with Crippen molar-refractivity contribution in [3.8, 4) is 33.2 Å². The van der Waals surface area contributed by atoms with E-state index < -0.39 is 27.9 Å². The summed E-state index contributed by atoms with van der Waals surface area (Å²) in [7, 11) is -4.15. The van der Waals surface area contributed by atoms with Crippen LogP contribution in [0.5, 0.6) is 11.5 Å². The van der Waals surface area contributed by atoms with E-state index in [2.05, 4.69) is 20.0 Å². The SMILES string of the molecule is CSc1nccc(-c2ccc(S(=O)(=O)Nc3ccc(Cl)cc3C(=O)N[C@@H](Cc3ccc(-c4ccccc4Oc4ccccc4)cc3)C(=O)O)s2)n1. The maximum Gasteiger partial charge on any atom is 0.326 e. The molecule has 1 amide bonds. The van der Waals surface area contributed by atoms with Gasteiger partial charge >= 0.3 is 5.97 Å². The van der Waals surface area contributed by atoms with Gasteiger partial charge in [0.15, 0.2) is 5.16 Å². The summed E-state index contributed by atoms with van der Waals surface area (Å²) in [5.41, 5.74) is 2.73. The molecule has 2 aromatic heterocycles. The molecule has 0 aliphatic rings. The van der Waals surface area contributed by atoms with Crippen molar-refractivity contribution < 1.29 is 27.9 Å². The second-order valence-corrected chi connectivity index (χ2v) is 15.2. The van der Waals surface area contributed by atoms with Gasteiger partial charge in [-0.15, -0.1) is 11.3 Å². The zero-order chi connectivity index (χ0) is 36.0. The summed E-state index contributed by atoms with van der Waals surface area (Å²) in [5.74, 6) is -0.723. The Kier molecular flexibility index (Phi) is 11.0. The van der Waals surface area contributed by atoms with Crippen LogP contribution in [0.25, 0.3) is 21.7 Å². The molecular weight excluding hydrogens is 728 g/mol. The van der Waals surface area contributed by atoms with Crippen LogP contribution in [0.4, 0.5) is 5.69 Å². The molecule has 0 aliphatic heterocycles. The molecule has 14 heteroatoms. The zero-order valence-electron chi connectivity index (χ0n) is 26.8. The number of halogens is 1. The third-order valence-corrected chi connectivity index (χ3v) is 11.3. The highest BCUT2D eigenvalue weighted by Gasteiger charge is 2.26. The van der Waals surface area contributed by atoms with Crippen molar-refractivity contribution in [1.29, 1.82) is 0 Å².